The highest BCUT2D eigenvalue weighted by Crippen LogP contribution is 2.18. The van der Waals surface area contributed by atoms with Crippen molar-refractivity contribution in [2.75, 3.05) is 0 Å². The van der Waals surface area contributed by atoms with Gasteiger partial charge in [0.25, 0.3) is 0 Å². The summed E-state index contributed by atoms with van der Waals surface area (Å²) in [5, 5.41) is 0.514. The number of halogens is 2. The third kappa shape index (κ3) is 4.27. The van der Waals surface area contributed by atoms with Gasteiger partial charge in [-0.05, 0) is 24.0 Å². The van der Waals surface area contributed by atoms with Gasteiger partial charge in [0, 0.05) is 12.2 Å². The van der Waals surface area contributed by atoms with E-state index in [1.807, 2.05) is 6.07 Å². The van der Waals surface area contributed by atoms with E-state index in [2.05, 4.69) is 18.8 Å². The summed E-state index contributed by atoms with van der Waals surface area (Å²) < 4.78 is 0. The number of pyridine rings is 1. The van der Waals surface area contributed by atoms with E-state index in [4.69, 9.17) is 17.3 Å². The minimum atomic E-state index is 0. The van der Waals surface area contributed by atoms with Crippen molar-refractivity contribution in [1.82, 2.24) is 4.98 Å². The van der Waals surface area contributed by atoms with Crippen molar-refractivity contribution in [2.24, 2.45) is 11.7 Å². The number of rotatable bonds is 3. The summed E-state index contributed by atoms with van der Waals surface area (Å²) in [7, 11) is 0. The molecule has 1 atom stereocenters. The molecule has 0 saturated carbocycles. The van der Waals surface area contributed by atoms with Crippen molar-refractivity contribution in [3.05, 3.63) is 29.0 Å². The molecule has 0 amide bonds. The molecule has 0 bridgehead atoms. The van der Waals surface area contributed by atoms with E-state index in [0.29, 0.717) is 11.1 Å². The van der Waals surface area contributed by atoms with Gasteiger partial charge in [0.05, 0.1) is 0 Å². The van der Waals surface area contributed by atoms with Crippen molar-refractivity contribution >= 4 is 24.0 Å². The zero-order chi connectivity index (χ0) is 9.84. The van der Waals surface area contributed by atoms with E-state index in [1.165, 1.54) is 0 Å². The van der Waals surface area contributed by atoms with Crippen LogP contribution >= 0.6 is 24.0 Å². The van der Waals surface area contributed by atoms with Crippen LogP contribution in [0.25, 0.3) is 0 Å². The molecule has 0 saturated heterocycles. The zero-order valence-corrected chi connectivity index (χ0v) is 9.98. The lowest BCUT2D eigenvalue weighted by molar-refractivity contribution is 0.509. The van der Waals surface area contributed by atoms with Crippen molar-refractivity contribution in [1.29, 1.82) is 0 Å². The zero-order valence-electron chi connectivity index (χ0n) is 8.40. The van der Waals surface area contributed by atoms with Crippen LogP contribution in [0.1, 0.15) is 31.9 Å². The molecule has 1 rings (SSSR count). The highest BCUT2D eigenvalue weighted by molar-refractivity contribution is 6.29. The third-order valence-corrected chi connectivity index (χ3v) is 2.13. The predicted octanol–water partition coefficient (Wildman–Crippen LogP) is 3.20. The van der Waals surface area contributed by atoms with Gasteiger partial charge in [-0.3, -0.25) is 0 Å². The number of nitrogens with two attached hydrogens (primary N) is 1. The van der Waals surface area contributed by atoms with Crippen LogP contribution in [0, 0.1) is 5.92 Å². The summed E-state index contributed by atoms with van der Waals surface area (Å²) in [5.41, 5.74) is 7.02. The normalized spacial score (nSPS) is 12.4. The lowest BCUT2D eigenvalue weighted by atomic mass is 9.99. The van der Waals surface area contributed by atoms with Crippen LogP contribution < -0.4 is 5.73 Å². The number of hydrogen-bond acceptors (Lipinski definition) is 2. The minimum Gasteiger partial charge on any atom is -0.324 e. The number of aromatic nitrogens is 1. The Labute approximate surface area is 96.3 Å². The van der Waals surface area contributed by atoms with Crippen LogP contribution in [-0.2, 0) is 0 Å². The summed E-state index contributed by atoms with van der Waals surface area (Å²) in [5.74, 6) is 0.602. The van der Waals surface area contributed by atoms with Crippen LogP contribution in [0.2, 0.25) is 5.15 Å². The Kier molecular flexibility index (Phi) is 6.09. The molecule has 1 aromatic heterocycles. The first-order valence-corrected chi connectivity index (χ1v) is 4.84. The lowest BCUT2D eigenvalue weighted by Gasteiger charge is -2.13. The predicted molar refractivity (Wildman–Crippen MR) is 62.9 cm³/mol. The number of nitrogens with zero attached hydrogens (tertiary/aromatic N) is 1. The fourth-order valence-electron chi connectivity index (χ4n) is 1.25. The fraction of sp³-hybridized carbons (Fsp3) is 0.500. The Hall–Kier alpha value is -0.310. The summed E-state index contributed by atoms with van der Waals surface area (Å²) in [6.45, 7) is 4.31. The standard InChI is InChI=1S/C10H15ClN2.ClH/c1-7(2)5-9(12)8-3-4-10(11)13-6-8;/h3-4,6-7,9H,5,12H2,1-2H3;1H/t9-;/m0./s1. The Morgan fingerprint density at radius 2 is 2.07 bits per heavy atom. The van der Waals surface area contributed by atoms with E-state index >= 15 is 0 Å². The Bertz CT molecular complexity index is 259. The van der Waals surface area contributed by atoms with Crippen LogP contribution in [-0.4, -0.2) is 4.98 Å². The first-order valence-electron chi connectivity index (χ1n) is 4.46. The minimum absolute atomic E-state index is 0. The van der Waals surface area contributed by atoms with E-state index in [-0.39, 0.29) is 18.4 Å². The van der Waals surface area contributed by atoms with Gasteiger partial charge in [-0.25, -0.2) is 4.98 Å². The molecule has 0 aliphatic heterocycles. The molecule has 0 radical (unpaired) electrons. The lowest BCUT2D eigenvalue weighted by Crippen LogP contribution is -2.12. The van der Waals surface area contributed by atoms with E-state index in [0.717, 1.165) is 12.0 Å². The molecule has 0 aliphatic rings. The largest absolute Gasteiger partial charge is 0.324 e. The average molecular weight is 235 g/mol. The van der Waals surface area contributed by atoms with Crippen molar-refractivity contribution < 1.29 is 0 Å². The summed E-state index contributed by atoms with van der Waals surface area (Å²) in [4.78, 5) is 3.99. The molecule has 2 nitrogen and oxygen atoms in total. The van der Waals surface area contributed by atoms with Crippen molar-refractivity contribution in [2.45, 2.75) is 26.3 Å². The number of hydrogen-bond donors (Lipinski definition) is 1. The highest BCUT2D eigenvalue weighted by Gasteiger charge is 2.07. The smallest absolute Gasteiger partial charge is 0.129 e. The average Bonchev–Trinajstić information content (AvgIpc) is 2.04. The molecule has 2 N–H and O–H groups in total. The van der Waals surface area contributed by atoms with Gasteiger partial charge in [-0.15, -0.1) is 12.4 Å². The molecule has 80 valence electrons. The van der Waals surface area contributed by atoms with Crippen LogP contribution in [0.15, 0.2) is 18.3 Å². The van der Waals surface area contributed by atoms with Gasteiger partial charge in [0.15, 0.2) is 0 Å². The Morgan fingerprint density at radius 3 is 2.50 bits per heavy atom. The third-order valence-electron chi connectivity index (χ3n) is 1.90. The molecule has 0 fully saturated rings. The fourth-order valence-corrected chi connectivity index (χ4v) is 1.36. The molecule has 1 heterocycles. The molecule has 0 spiro atoms. The first kappa shape index (κ1) is 13.7. The Morgan fingerprint density at radius 1 is 1.43 bits per heavy atom. The summed E-state index contributed by atoms with van der Waals surface area (Å²) in [6, 6.07) is 3.78. The van der Waals surface area contributed by atoms with Crippen molar-refractivity contribution in [3.8, 4) is 0 Å². The van der Waals surface area contributed by atoms with Crippen molar-refractivity contribution in [3.63, 3.8) is 0 Å². The van der Waals surface area contributed by atoms with Crippen LogP contribution in [0.4, 0.5) is 0 Å². The molecule has 0 aliphatic carbocycles. The van der Waals surface area contributed by atoms with Gasteiger partial charge in [0.2, 0.25) is 0 Å². The maximum atomic E-state index is 5.96. The van der Waals surface area contributed by atoms with E-state index in [9.17, 15) is 0 Å². The van der Waals surface area contributed by atoms with Gasteiger partial charge in [-0.1, -0.05) is 31.5 Å². The van der Waals surface area contributed by atoms with Gasteiger partial charge in [-0.2, -0.15) is 0 Å². The maximum Gasteiger partial charge on any atom is 0.129 e. The molecule has 0 unspecified atom stereocenters. The summed E-state index contributed by atoms with van der Waals surface area (Å²) in [6.07, 6.45) is 2.72. The van der Waals surface area contributed by atoms with E-state index in [1.54, 1.807) is 12.3 Å². The molecule has 14 heavy (non-hydrogen) atoms. The van der Waals surface area contributed by atoms with Crippen LogP contribution in [0.5, 0.6) is 0 Å². The highest BCUT2D eigenvalue weighted by atomic mass is 35.5. The van der Waals surface area contributed by atoms with E-state index < -0.39 is 0 Å². The molecular formula is C10H16Cl2N2. The van der Waals surface area contributed by atoms with Gasteiger partial charge >= 0.3 is 0 Å². The monoisotopic (exact) mass is 234 g/mol. The second kappa shape index (κ2) is 6.23. The first-order chi connectivity index (χ1) is 6.09. The molecule has 0 aromatic carbocycles. The maximum absolute atomic E-state index is 5.96. The van der Waals surface area contributed by atoms with Crippen LogP contribution in [0.3, 0.4) is 0 Å². The summed E-state index contributed by atoms with van der Waals surface area (Å²) >= 11 is 5.67. The second-order valence-electron chi connectivity index (χ2n) is 3.65. The van der Waals surface area contributed by atoms with Gasteiger partial charge in [0.1, 0.15) is 5.15 Å². The molecule has 1 aromatic rings. The van der Waals surface area contributed by atoms with Gasteiger partial charge < -0.3 is 5.73 Å². The quantitative estimate of drug-likeness (QED) is 0.817. The Balaban J connectivity index is 0.00000169. The topological polar surface area (TPSA) is 38.9 Å². The SMILES string of the molecule is CC(C)C[C@H](N)c1ccc(Cl)nc1.Cl. The second-order valence-corrected chi connectivity index (χ2v) is 4.04. The molecular weight excluding hydrogens is 219 g/mol. The molecule has 4 heteroatoms.